The highest BCUT2D eigenvalue weighted by molar-refractivity contribution is 14.1. The van der Waals surface area contributed by atoms with Crippen LogP contribution in [-0.4, -0.2) is 16.4 Å². The molecule has 0 heterocycles. The van der Waals surface area contributed by atoms with Gasteiger partial charge in [-0.25, -0.2) is 0 Å². The van der Waals surface area contributed by atoms with E-state index in [0.717, 1.165) is 13.0 Å². The fourth-order valence-corrected chi connectivity index (χ4v) is 2.99. The number of alkyl halides is 1. The lowest BCUT2D eigenvalue weighted by Crippen LogP contribution is -2.34. The monoisotopic (exact) mass is 295 g/mol. The Hall–Kier alpha value is 0.200. The Kier molecular flexibility index (Phi) is 5.06. The molecule has 0 bridgehead atoms. The molecule has 0 aliphatic heterocycles. The van der Waals surface area contributed by atoms with E-state index in [2.05, 4.69) is 27.9 Å². The van der Waals surface area contributed by atoms with Crippen molar-refractivity contribution in [3.8, 4) is 0 Å². The van der Waals surface area contributed by atoms with Crippen LogP contribution in [0.4, 0.5) is 0 Å². The van der Waals surface area contributed by atoms with E-state index in [9.17, 15) is 4.79 Å². The number of rotatable bonds is 2. The van der Waals surface area contributed by atoms with Crippen LogP contribution in [0.5, 0.6) is 0 Å². The van der Waals surface area contributed by atoms with Crippen LogP contribution >= 0.6 is 22.6 Å². The third-order valence-corrected chi connectivity index (χ3v) is 4.11. The molecule has 0 spiro atoms. The van der Waals surface area contributed by atoms with Gasteiger partial charge >= 0.3 is 0 Å². The van der Waals surface area contributed by atoms with E-state index in [-0.39, 0.29) is 11.8 Å². The Balaban J connectivity index is 2.48. The Bertz CT molecular complexity index is 172. The maximum Gasteiger partial charge on any atom is 0.224 e. The average molecular weight is 295 g/mol. The molecule has 0 saturated heterocycles. The molecule has 1 rings (SSSR count). The van der Waals surface area contributed by atoms with Gasteiger partial charge in [-0.15, -0.1) is 0 Å². The van der Waals surface area contributed by atoms with Crippen molar-refractivity contribution < 1.29 is 4.79 Å². The zero-order chi connectivity index (χ0) is 9.68. The molecule has 2 unspecified atom stereocenters. The molecule has 0 aromatic heterocycles. The molecule has 1 aliphatic carbocycles. The molecule has 13 heavy (non-hydrogen) atoms. The molecule has 2 nitrogen and oxygen atoms in total. The predicted molar refractivity (Wildman–Crippen MR) is 63.1 cm³/mol. The van der Waals surface area contributed by atoms with E-state index in [1.165, 1.54) is 25.7 Å². The summed E-state index contributed by atoms with van der Waals surface area (Å²) in [5.74, 6) is 0.534. The highest BCUT2D eigenvalue weighted by Gasteiger charge is 2.26. The Morgan fingerprint density at radius 3 is 2.77 bits per heavy atom. The van der Waals surface area contributed by atoms with Crippen molar-refractivity contribution >= 4 is 28.5 Å². The smallest absolute Gasteiger partial charge is 0.224 e. The van der Waals surface area contributed by atoms with Gasteiger partial charge in [0, 0.05) is 16.4 Å². The first-order chi connectivity index (χ1) is 6.25. The normalized spacial score (nSPS) is 29.4. The van der Waals surface area contributed by atoms with Gasteiger partial charge in [-0.3, -0.25) is 4.79 Å². The van der Waals surface area contributed by atoms with Gasteiger partial charge in [0.25, 0.3) is 0 Å². The highest BCUT2D eigenvalue weighted by Crippen LogP contribution is 2.29. The largest absolute Gasteiger partial charge is 0.356 e. The van der Waals surface area contributed by atoms with Crippen molar-refractivity contribution in [2.75, 3.05) is 6.54 Å². The van der Waals surface area contributed by atoms with Gasteiger partial charge in [0.2, 0.25) is 5.91 Å². The first-order valence-electron chi connectivity index (χ1n) is 5.17. The minimum absolute atomic E-state index is 0.267. The van der Waals surface area contributed by atoms with Crippen LogP contribution < -0.4 is 5.32 Å². The van der Waals surface area contributed by atoms with Gasteiger partial charge in [0.15, 0.2) is 0 Å². The second kappa shape index (κ2) is 5.83. The topological polar surface area (TPSA) is 29.1 Å². The molecule has 2 atom stereocenters. The van der Waals surface area contributed by atoms with E-state index in [1.807, 2.05) is 6.92 Å². The first-order valence-corrected chi connectivity index (χ1v) is 6.42. The first kappa shape index (κ1) is 11.3. The lowest BCUT2D eigenvalue weighted by molar-refractivity contribution is -0.124. The molecule has 1 N–H and O–H groups in total. The summed E-state index contributed by atoms with van der Waals surface area (Å²) in [5.41, 5.74) is 0. The summed E-state index contributed by atoms with van der Waals surface area (Å²) in [4.78, 5) is 11.6. The Morgan fingerprint density at radius 1 is 1.38 bits per heavy atom. The molecular formula is C10H18INO. The zero-order valence-corrected chi connectivity index (χ0v) is 10.3. The minimum atomic E-state index is 0.267. The van der Waals surface area contributed by atoms with Crippen LogP contribution in [0.3, 0.4) is 0 Å². The molecule has 1 aliphatic rings. The quantitative estimate of drug-likeness (QED) is 0.473. The van der Waals surface area contributed by atoms with Crippen molar-refractivity contribution in [1.29, 1.82) is 0 Å². The summed E-state index contributed by atoms with van der Waals surface area (Å²) < 4.78 is 0.548. The summed E-state index contributed by atoms with van der Waals surface area (Å²) in [6, 6.07) is 0. The fraction of sp³-hybridized carbons (Fsp3) is 0.900. The molecule has 0 radical (unpaired) electrons. The fourth-order valence-electron chi connectivity index (χ4n) is 1.86. The lowest BCUT2D eigenvalue weighted by atomic mass is 9.99. The number of nitrogens with one attached hydrogen (secondary N) is 1. The number of hydrogen-bond donors (Lipinski definition) is 1. The molecule has 76 valence electrons. The second-order valence-corrected chi connectivity index (χ2v) is 5.26. The van der Waals surface area contributed by atoms with Gasteiger partial charge in [0.05, 0.1) is 0 Å². The van der Waals surface area contributed by atoms with E-state index < -0.39 is 0 Å². The van der Waals surface area contributed by atoms with Crippen LogP contribution in [0.25, 0.3) is 0 Å². The van der Waals surface area contributed by atoms with E-state index in [4.69, 9.17) is 0 Å². The molecule has 1 saturated carbocycles. The number of hydrogen-bond acceptors (Lipinski definition) is 1. The molecule has 3 heteroatoms. The van der Waals surface area contributed by atoms with Crippen LogP contribution in [-0.2, 0) is 4.79 Å². The third-order valence-electron chi connectivity index (χ3n) is 2.62. The average Bonchev–Trinajstić information content (AvgIpc) is 2.30. The minimum Gasteiger partial charge on any atom is -0.356 e. The van der Waals surface area contributed by atoms with Gasteiger partial charge in [0.1, 0.15) is 0 Å². The van der Waals surface area contributed by atoms with Crippen LogP contribution in [0.1, 0.15) is 39.0 Å². The van der Waals surface area contributed by atoms with Gasteiger partial charge in [-0.1, -0.05) is 41.9 Å². The summed E-state index contributed by atoms with van der Waals surface area (Å²) in [5, 5.41) is 2.93. The summed E-state index contributed by atoms with van der Waals surface area (Å²) >= 11 is 2.44. The number of carbonyl (C=O) groups is 1. The standard InChI is InChI=1S/C10H18INO/c1-2-12-10(13)8-6-4-3-5-7-9(8)11/h8-9H,2-7H2,1H3,(H,12,13). The van der Waals surface area contributed by atoms with Crippen molar-refractivity contribution in [2.24, 2.45) is 5.92 Å². The van der Waals surface area contributed by atoms with E-state index in [0.29, 0.717) is 3.92 Å². The molecule has 1 fully saturated rings. The second-order valence-electron chi connectivity index (χ2n) is 3.66. The number of halogens is 1. The highest BCUT2D eigenvalue weighted by atomic mass is 127. The van der Waals surface area contributed by atoms with Gasteiger partial charge in [-0.2, -0.15) is 0 Å². The summed E-state index contributed by atoms with van der Waals surface area (Å²) in [6.45, 7) is 2.75. The summed E-state index contributed by atoms with van der Waals surface area (Å²) in [6.07, 6.45) is 6.11. The Labute approximate surface area is 94.0 Å². The number of amides is 1. The van der Waals surface area contributed by atoms with E-state index in [1.54, 1.807) is 0 Å². The lowest BCUT2D eigenvalue weighted by Gasteiger charge is -2.18. The van der Waals surface area contributed by atoms with Crippen molar-refractivity contribution in [3.63, 3.8) is 0 Å². The maximum atomic E-state index is 11.6. The third kappa shape index (κ3) is 3.44. The van der Waals surface area contributed by atoms with Crippen molar-refractivity contribution in [3.05, 3.63) is 0 Å². The molecule has 0 aromatic carbocycles. The van der Waals surface area contributed by atoms with Crippen LogP contribution in [0.2, 0.25) is 0 Å². The van der Waals surface area contributed by atoms with Crippen molar-refractivity contribution in [1.82, 2.24) is 5.32 Å². The van der Waals surface area contributed by atoms with Gasteiger partial charge in [-0.05, 0) is 19.8 Å². The SMILES string of the molecule is CCNC(=O)C1CCCCCC1I. The summed E-state index contributed by atoms with van der Waals surface area (Å²) in [7, 11) is 0. The zero-order valence-electron chi connectivity index (χ0n) is 8.18. The van der Waals surface area contributed by atoms with Crippen molar-refractivity contribution in [2.45, 2.75) is 43.0 Å². The Morgan fingerprint density at radius 2 is 2.08 bits per heavy atom. The van der Waals surface area contributed by atoms with Crippen LogP contribution in [0, 0.1) is 5.92 Å². The maximum absolute atomic E-state index is 11.6. The van der Waals surface area contributed by atoms with Gasteiger partial charge < -0.3 is 5.32 Å². The number of carbonyl (C=O) groups excluding carboxylic acids is 1. The molecular weight excluding hydrogens is 277 g/mol. The molecule has 1 amide bonds. The van der Waals surface area contributed by atoms with Crippen LogP contribution in [0.15, 0.2) is 0 Å². The predicted octanol–water partition coefficient (Wildman–Crippen LogP) is 2.51. The van der Waals surface area contributed by atoms with E-state index >= 15 is 0 Å². The molecule has 0 aromatic rings.